The summed E-state index contributed by atoms with van der Waals surface area (Å²) < 4.78 is 67.1. The van der Waals surface area contributed by atoms with E-state index in [9.17, 15) is 22.0 Å². The molecule has 1 aromatic carbocycles. The molecule has 0 saturated carbocycles. The van der Waals surface area contributed by atoms with Crippen molar-refractivity contribution < 1.29 is 22.0 Å². The van der Waals surface area contributed by atoms with Gasteiger partial charge >= 0.3 is 0 Å². The molecular weight excluding hydrogens is 263 g/mol. The second kappa shape index (κ2) is 4.94. The molecule has 0 heterocycles. The van der Waals surface area contributed by atoms with Gasteiger partial charge in [0.1, 0.15) is 0 Å². The van der Waals surface area contributed by atoms with Crippen molar-refractivity contribution >= 4 is 0 Å². The third kappa shape index (κ3) is 2.26. The van der Waals surface area contributed by atoms with E-state index in [0.717, 1.165) is 12.8 Å². The second-order valence-corrected chi connectivity index (χ2v) is 5.01. The fourth-order valence-electron chi connectivity index (χ4n) is 2.50. The highest BCUT2D eigenvalue weighted by atomic mass is 19.2. The molecule has 0 N–H and O–H groups in total. The fraction of sp³-hybridized carbons (Fsp3) is 0.429. The Morgan fingerprint density at radius 2 is 1.37 bits per heavy atom. The Balaban J connectivity index is 2.68. The maximum absolute atomic E-state index is 13.8. The van der Waals surface area contributed by atoms with Crippen LogP contribution in [0.15, 0.2) is 12.2 Å². The molecule has 1 atom stereocenters. The Labute approximate surface area is 107 Å². The lowest BCUT2D eigenvalue weighted by Gasteiger charge is -2.27. The highest BCUT2D eigenvalue weighted by molar-refractivity contribution is 5.35. The molecule has 1 aromatic rings. The van der Waals surface area contributed by atoms with Gasteiger partial charge in [0.05, 0.1) is 0 Å². The van der Waals surface area contributed by atoms with Gasteiger partial charge in [-0.05, 0) is 19.3 Å². The third-order valence-electron chi connectivity index (χ3n) is 3.58. The molecule has 0 spiro atoms. The molecule has 0 nitrogen and oxygen atoms in total. The fourth-order valence-corrected chi connectivity index (χ4v) is 2.50. The van der Waals surface area contributed by atoms with Crippen LogP contribution >= 0.6 is 0 Å². The zero-order chi connectivity index (χ0) is 14.2. The van der Waals surface area contributed by atoms with Crippen molar-refractivity contribution in [1.82, 2.24) is 0 Å². The van der Waals surface area contributed by atoms with E-state index in [1.807, 2.05) is 0 Å². The van der Waals surface area contributed by atoms with Gasteiger partial charge in [-0.2, -0.15) is 0 Å². The van der Waals surface area contributed by atoms with Crippen molar-refractivity contribution in [3.8, 4) is 0 Å². The van der Waals surface area contributed by atoms with Crippen LogP contribution in [0.2, 0.25) is 0 Å². The predicted molar refractivity (Wildman–Crippen MR) is 61.2 cm³/mol. The third-order valence-corrected chi connectivity index (χ3v) is 3.58. The van der Waals surface area contributed by atoms with Gasteiger partial charge in [-0.3, -0.25) is 0 Å². The molecule has 0 aliphatic heterocycles. The van der Waals surface area contributed by atoms with Crippen LogP contribution in [0.3, 0.4) is 0 Å². The minimum atomic E-state index is -2.11. The molecule has 0 fully saturated rings. The first-order valence-electron chi connectivity index (χ1n) is 6.08. The topological polar surface area (TPSA) is 0 Å². The maximum Gasteiger partial charge on any atom is 0.200 e. The zero-order valence-electron chi connectivity index (χ0n) is 10.4. The molecule has 104 valence electrons. The SMILES string of the molecule is C[C@]1(c2c(F)c(F)c(F)c(F)c2F)C=CCCCC1. The van der Waals surface area contributed by atoms with Crippen LogP contribution in [0.5, 0.6) is 0 Å². The zero-order valence-corrected chi connectivity index (χ0v) is 10.4. The van der Waals surface area contributed by atoms with Crippen LogP contribution in [0.25, 0.3) is 0 Å². The number of allylic oxidation sites excluding steroid dienone is 2. The largest absolute Gasteiger partial charge is 0.203 e. The Kier molecular flexibility index (Phi) is 3.65. The van der Waals surface area contributed by atoms with E-state index in [0.29, 0.717) is 12.8 Å². The molecule has 0 bridgehead atoms. The van der Waals surface area contributed by atoms with Crippen LogP contribution in [0.1, 0.15) is 38.2 Å². The number of benzene rings is 1. The minimum absolute atomic E-state index is 0.349. The van der Waals surface area contributed by atoms with E-state index < -0.39 is 40.1 Å². The summed E-state index contributed by atoms with van der Waals surface area (Å²) in [6.07, 6.45) is 5.86. The van der Waals surface area contributed by atoms with Crippen molar-refractivity contribution in [2.75, 3.05) is 0 Å². The summed E-state index contributed by atoms with van der Waals surface area (Å²) in [5.41, 5.74) is -1.90. The molecular formula is C14H13F5. The molecule has 0 unspecified atom stereocenters. The summed E-state index contributed by atoms with van der Waals surface area (Å²) in [5, 5.41) is 0. The van der Waals surface area contributed by atoms with Crippen molar-refractivity contribution in [1.29, 1.82) is 0 Å². The summed E-state index contributed by atoms with van der Waals surface area (Å²) in [4.78, 5) is 0. The number of rotatable bonds is 1. The first kappa shape index (κ1) is 14.0. The summed E-state index contributed by atoms with van der Waals surface area (Å²) in [7, 11) is 0. The van der Waals surface area contributed by atoms with Gasteiger partial charge in [0.2, 0.25) is 5.82 Å². The molecule has 0 saturated heterocycles. The molecule has 1 aliphatic rings. The van der Waals surface area contributed by atoms with Crippen molar-refractivity contribution in [3.05, 3.63) is 46.8 Å². The lowest BCUT2D eigenvalue weighted by Crippen LogP contribution is -2.24. The van der Waals surface area contributed by atoms with Gasteiger partial charge in [0.15, 0.2) is 23.3 Å². The summed E-state index contributed by atoms with van der Waals surface area (Å²) in [6.45, 7) is 1.49. The highest BCUT2D eigenvalue weighted by Gasteiger charge is 2.36. The Morgan fingerprint density at radius 1 is 0.842 bits per heavy atom. The van der Waals surface area contributed by atoms with Gasteiger partial charge in [-0.15, -0.1) is 0 Å². The normalized spacial score (nSPS) is 23.5. The maximum atomic E-state index is 13.8. The average molecular weight is 276 g/mol. The number of hydrogen-bond acceptors (Lipinski definition) is 0. The summed E-state index contributed by atoms with van der Waals surface area (Å²) >= 11 is 0. The van der Waals surface area contributed by atoms with Gasteiger partial charge < -0.3 is 0 Å². The van der Waals surface area contributed by atoms with Gasteiger partial charge in [-0.1, -0.05) is 25.5 Å². The smallest absolute Gasteiger partial charge is 0.200 e. The Morgan fingerprint density at radius 3 is 1.95 bits per heavy atom. The van der Waals surface area contributed by atoms with Crippen LogP contribution < -0.4 is 0 Å². The van der Waals surface area contributed by atoms with Crippen LogP contribution in [-0.2, 0) is 5.41 Å². The Hall–Kier alpha value is -1.39. The van der Waals surface area contributed by atoms with Crippen LogP contribution in [0.4, 0.5) is 22.0 Å². The molecule has 0 amide bonds. The van der Waals surface area contributed by atoms with E-state index in [-0.39, 0.29) is 0 Å². The van der Waals surface area contributed by atoms with Gasteiger partial charge in [0.25, 0.3) is 0 Å². The van der Waals surface area contributed by atoms with E-state index in [4.69, 9.17) is 0 Å². The van der Waals surface area contributed by atoms with Crippen LogP contribution in [0, 0.1) is 29.1 Å². The lowest BCUT2D eigenvalue weighted by atomic mass is 9.78. The summed E-state index contributed by atoms with van der Waals surface area (Å²) in [6, 6.07) is 0. The first-order valence-corrected chi connectivity index (χ1v) is 6.08. The number of halogens is 5. The molecule has 0 aromatic heterocycles. The summed E-state index contributed by atoms with van der Waals surface area (Å²) in [5.74, 6) is -9.34. The predicted octanol–water partition coefficient (Wildman–Crippen LogP) is 4.77. The van der Waals surface area contributed by atoms with Crippen molar-refractivity contribution in [2.24, 2.45) is 0 Å². The second-order valence-electron chi connectivity index (χ2n) is 5.01. The van der Waals surface area contributed by atoms with Crippen molar-refractivity contribution in [2.45, 2.75) is 38.0 Å². The first-order chi connectivity index (χ1) is 8.88. The van der Waals surface area contributed by atoms with Gasteiger partial charge in [-0.25, -0.2) is 22.0 Å². The van der Waals surface area contributed by atoms with E-state index >= 15 is 0 Å². The average Bonchev–Trinajstić information content (AvgIpc) is 2.60. The molecule has 19 heavy (non-hydrogen) atoms. The monoisotopic (exact) mass is 276 g/mol. The molecule has 5 heteroatoms. The molecule has 1 aliphatic carbocycles. The van der Waals surface area contributed by atoms with E-state index in [1.165, 1.54) is 13.0 Å². The molecule has 0 radical (unpaired) electrons. The highest BCUT2D eigenvalue weighted by Crippen LogP contribution is 2.39. The van der Waals surface area contributed by atoms with Gasteiger partial charge in [0, 0.05) is 11.0 Å². The van der Waals surface area contributed by atoms with Crippen LogP contribution in [-0.4, -0.2) is 0 Å². The lowest BCUT2D eigenvalue weighted by molar-refractivity contribution is 0.349. The minimum Gasteiger partial charge on any atom is -0.203 e. The number of hydrogen-bond donors (Lipinski definition) is 0. The van der Waals surface area contributed by atoms with E-state index in [2.05, 4.69) is 0 Å². The standard InChI is InChI=1S/C14H13F5/c1-14(6-4-2-3-5-7-14)8-9(15)11(17)13(19)12(18)10(8)16/h4,6H,2-3,5,7H2,1H3/t14-/m0/s1. The molecule has 2 rings (SSSR count). The quantitative estimate of drug-likeness (QED) is 0.300. The van der Waals surface area contributed by atoms with Crippen molar-refractivity contribution in [3.63, 3.8) is 0 Å². The van der Waals surface area contributed by atoms with E-state index in [1.54, 1.807) is 6.08 Å². The Bertz CT molecular complexity index is 506.